The molecule has 19 heavy (non-hydrogen) atoms. The minimum absolute atomic E-state index is 0.153. The van der Waals surface area contributed by atoms with Crippen LogP contribution in [0.1, 0.15) is 16.7 Å². The summed E-state index contributed by atoms with van der Waals surface area (Å²) < 4.78 is 19.6. The smallest absolute Gasteiger partial charge is 0.168 e. The number of alkyl halides is 1. The van der Waals surface area contributed by atoms with Crippen molar-refractivity contribution in [2.24, 2.45) is 0 Å². The summed E-state index contributed by atoms with van der Waals surface area (Å²) in [4.78, 5) is 0. The van der Waals surface area contributed by atoms with E-state index in [0.29, 0.717) is 22.8 Å². The van der Waals surface area contributed by atoms with Crippen LogP contribution in [0.5, 0.6) is 5.75 Å². The molecule has 0 aliphatic heterocycles. The minimum atomic E-state index is -0.406. The Balaban J connectivity index is 2.22. The maximum Gasteiger partial charge on any atom is 0.168 e. The van der Waals surface area contributed by atoms with Gasteiger partial charge in [-0.2, -0.15) is 0 Å². The van der Waals surface area contributed by atoms with Gasteiger partial charge in [0.1, 0.15) is 6.61 Å². The second-order valence-electron chi connectivity index (χ2n) is 4.18. The number of hydrogen-bond donors (Lipinski definition) is 0. The number of hydrogen-bond acceptors (Lipinski definition) is 1. The molecular formula is C15H13Cl2FO. The second kappa shape index (κ2) is 6.27. The van der Waals surface area contributed by atoms with Crippen molar-refractivity contribution in [2.75, 3.05) is 0 Å². The lowest BCUT2D eigenvalue weighted by Gasteiger charge is -2.12. The number of rotatable bonds is 4. The van der Waals surface area contributed by atoms with Gasteiger partial charge in [0.15, 0.2) is 11.6 Å². The Kier molecular flexibility index (Phi) is 4.67. The van der Waals surface area contributed by atoms with Gasteiger partial charge in [-0.05, 0) is 23.6 Å². The van der Waals surface area contributed by atoms with Crippen LogP contribution < -0.4 is 4.74 Å². The molecule has 0 saturated heterocycles. The maximum atomic E-state index is 14.1. The first-order valence-electron chi connectivity index (χ1n) is 5.83. The first-order chi connectivity index (χ1) is 9.13. The molecule has 0 amide bonds. The van der Waals surface area contributed by atoms with Crippen LogP contribution in [-0.2, 0) is 12.5 Å². The van der Waals surface area contributed by atoms with Crippen LogP contribution in [0.2, 0.25) is 5.02 Å². The lowest BCUT2D eigenvalue weighted by molar-refractivity contribution is 0.289. The van der Waals surface area contributed by atoms with Crippen LogP contribution in [0.4, 0.5) is 4.39 Å². The Morgan fingerprint density at radius 1 is 1.21 bits per heavy atom. The van der Waals surface area contributed by atoms with E-state index in [-0.39, 0.29) is 11.6 Å². The number of ether oxygens (including phenoxy) is 1. The Bertz CT molecular complexity index is 570. The van der Waals surface area contributed by atoms with Crippen molar-refractivity contribution < 1.29 is 9.13 Å². The van der Waals surface area contributed by atoms with Gasteiger partial charge >= 0.3 is 0 Å². The highest BCUT2D eigenvalue weighted by atomic mass is 35.5. The Labute approximate surface area is 121 Å². The van der Waals surface area contributed by atoms with E-state index in [0.717, 1.165) is 5.56 Å². The van der Waals surface area contributed by atoms with E-state index in [4.69, 9.17) is 27.9 Å². The van der Waals surface area contributed by atoms with Crippen molar-refractivity contribution >= 4 is 23.2 Å². The van der Waals surface area contributed by atoms with Gasteiger partial charge in [-0.3, -0.25) is 0 Å². The molecule has 2 rings (SSSR count). The monoisotopic (exact) mass is 298 g/mol. The van der Waals surface area contributed by atoms with E-state index in [9.17, 15) is 4.39 Å². The summed E-state index contributed by atoms with van der Waals surface area (Å²) in [5.41, 5.74) is 2.01. The summed E-state index contributed by atoms with van der Waals surface area (Å²) in [6.45, 7) is 1.95. The van der Waals surface area contributed by atoms with E-state index >= 15 is 0 Å². The van der Waals surface area contributed by atoms with Crippen molar-refractivity contribution in [1.82, 2.24) is 0 Å². The molecule has 0 atom stereocenters. The Morgan fingerprint density at radius 2 is 1.89 bits per heavy atom. The molecule has 0 aromatic heterocycles. The van der Waals surface area contributed by atoms with Crippen LogP contribution >= 0.6 is 23.2 Å². The molecule has 0 aliphatic rings. The molecule has 0 heterocycles. The summed E-state index contributed by atoms with van der Waals surface area (Å²) in [6, 6.07) is 11.0. The molecule has 4 heteroatoms. The summed E-state index contributed by atoms with van der Waals surface area (Å²) in [5.74, 6) is -0.0724. The van der Waals surface area contributed by atoms with Crippen LogP contribution in [-0.4, -0.2) is 0 Å². The third-order valence-corrected chi connectivity index (χ3v) is 3.52. The fraction of sp³-hybridized carbons (Fsp3) is 0.200. The van der Waals surface area contributed by atoms with Gasteiger partial charge in [0.2, 0.25) is 0 Å². The van der Waals surface area contributed by atoms with Gasteiger partial charge < -0.3 is 4.74 Å². The lowest BCUT2D eigenvalue weighted by Crippen LogP contribution is -2.01. The van der Waals surface area contributed by atoms with Crippen LogP contribution in [0.3, 0.4) is 0 Å². The van der Waals surface area contributed by atoms with Crippen LogP contribution in [0.15, 0.2) is 36.4 Å². The summed E-state index contributed by atoms with van der Waals surface area (Å²) in [6.07, 6.45) is 0. The van der Waals surface area contributed by atoms with Gasteiger partial charge in [0, 0.05) is 17.0 Å². The molecular weight excluding hydrogens is 286 g/mol. The zero-order chi connectivity index (χ0) is 13.8. The third kappa shape index (κ3) is 3.20. The van der Waals surface area contributed by atoms with Crippen LogP contribution in [0.25, 0.3) is 0 Å². The zero-order valence-corrected chi connectivity index (χ0v) is 11.9. The van der Waals surface area contributed by atoms with Gasteiger partial charge in [-0.15, -0.1) is 11.6 Å². The number of benzene rings is 2. The molecule has 0 N–H and O–H groups in total. The molecule has 0 unspecified atom stereocenters. The average molecular weight is 299 g/mol. The molecule has 0 bridgehead atoms. The van der Waals surface area contributed by atoms with E-state index in [1.54, 1.807) is 6.92 Å². The van der Waals surface area contributed by atoms with Crippen LogP contribution in [0, 0.1) is 12.7 Å². The molecule has 0 fully saturated rings. The van der Waals surface area contributed by atoms with E-state index in [1.807, 2.05) is 30.3 Å². The molecule has 100 valence electrons. The summed E-state index contributed by atoms with van der Waals surface area (Å²) in [7, 11) is 0. The van der Waals surface area contributed by atoms with Crippen molar-refractivity contribution in [1.29, 1.82) is 0 Å². The first kappa shape index (κ1) is 14.2. The summed E-state index contributed by atoms with van der Waals surface area (Å²) >= 11 is 11.8. The standard InChI is InChI=1S/C15H13Cl2FO/c1-10-12(8-16)13(17)7-14(15(10)18)19-9-11-5-3-2-4-6-11/h2-7H,8-9H2,1H3. The fourth-order valence-corrected chi connectivity index (χ4v) is 2.49. The molecule has 0 saturated carbocycles. The molecule has 1 nitrogen and oxygen atoms in total. The van der Waals surface area contributed by atoms with Crippen molar-refractivity contribution in [3.8, 4) is 5.75 Å². The van der Waals surface area contributed by atoms with Crippen molar-refractivity contribution in [3.63, 3.8) is 0 Å². The predicted octanol–water partition coefficient (Wildman–Crippen LogP) is 5.11. The van der Waals surface area contributed by atoms with Gasteiger partial charge in [0.05, 0.1) is 0 Å². The predicted molar refractivity (Wildman–Crippen MR) is 76.5 cm³/mol. The van der Waals surface area contributed by atoms with E-state index in [2.05, 4.69) is 0 Å². The highest BCUT2D eigenvalue weighted by molar-refractivity contribution is 6.32. The third-order valence-electron chi connectivity index (χ3n) is 2.92. The normalized spacial score (nSPS) is 10.5. The first-order valence-corrected chi connectivity index (χ1v) is 6.75. The lowest BCUT2D eigenvalue weighted by atomic mass is 10.1. The second-order valence-corrected chi connectivity index (χ2v) is 4.86. The van der Waals surface area contributed by atoms with Gasteiger partial charge in [0.25, 0.3) is 0 Å². The topological polar surface area (TPSA) is 9.23 Å². The average Bonchev–Trinajstić information content (AvgIpc) is 2.43. The largest absolute Gasteiger partial charge is 0.486 e. The quantitative estimate of drug-likeness (QED) is 0.713. The molecule has 2 aromatic rings. The van der Waals surface area contributed by atoms with Crippen molar-refractivity contribution in [3.05, 3.63) is 63.9 Å². The summed E-state index contributed by atoms with van der Waals surface area (Å²) in [5, 5.41) is 0.428. The molecule has 0 spiro atoms. The highest BCUT2D eigenvalue weighted by Gasteiger charge is 2.14. The van der Waals surface area contributed by atoms with Gasteiger partial charge in [-0.25, -0.2) is 4.39 Å². The Morgan fingerprint density at radius 3 is 2.53 bits per heavy atom. The highest BCUT2D eigenvalue weighted by Crippen LogP contribution is 2.31. The SMILES string of the molecule is Cc1c(F)c(OCc2ccccc2)cc(Cl)c1CCl. The molecule has 2 aromatic carbocycles. The zero-order valence-electron chi connectivity index (χ0n) is 10.4. The van der Waals surface area contributed by atoms with Gasteiger partial charge in [-0.1, -0.05) is 41.9 Å². The maximum absolute atomic E-state index is 14.1. The molecule has 0 aliphatic carbocycles. The molecule has 0 radical (unpaired) electrons. The number of halogens is 3. The minimum Gasteiger partial charge on any atom is -0.486 e. The Hall–Kier alpha value is -1.25. The van der Waals surface area contributed by atoms with Crippen molar-refractivity contribution in [2.45, 2.75) is 19.4 Å². The fourth-order valence-electron chi connectivity index (χ4n) is 1.77. The van der Waals surface area contributed by atoms with E-state index in [1.165, 1.54) is 6.07 Å². The van der Waals surface area contributed by atoms with E-state index < -0.39 is 5.82 Å².